The van der Waals surface area contributed by atoms with Crippen molar-refractivity contribution >= 4 is 0 Å². The summed E-state index contributed by atoms with van der Waals surface area (Å²) in [6.07, 6.45) is 1.44. The smallest absolute Gasteiger partial charge is 0.00104 e. The Bertz CT molecular complexity index is 88.6. The maximum atomic E-state index is 3.44. The number of rotatable bonds is 3. The molecule has 1 rings (SSSR count). The summed E-state index contributed by atoms with van der Waals surface area (Å²) in [5, 5.41) is 3.44. The van der Waals surface area contributed by atoms with Crippen LogP contribution < -0.4 is 5.32 Å². The van der Waals surface area contributed by atoms with E-state index in [0.29, 0.717) is 6.04 Å². The average molecular weight is 127 g/mol. The summed E-state index contributed by atoms with van der Waals surface area (Å²) in [6.45, 7) is 7.96. The highest BCUT2D eigenvalue weighted by atomic mass is 14.9. The van der Waals surface area contributed by atoms with Crippen molar-refractivity contribution in [2.45, 2.75) is 33.2 Å². The first-order chi connectivity index (χ1) is 4.20. The molecule has 1 aliphatic carbocycles. The van der Waals surface area contributed by atoms with Gasteiger partial charge in [-0.3, -0.25) is 0 Å². The van der Waals surface area contributed by atoms with Crippen LogP contribution in [0.25, 0.3) is 0 Å². The van der Waals surface area contributed by atoms with E-state index in [1.54, 1.807) is 0 Å². The second-order valence-corrected chi connectivity index (χ2v) is 3.54. The van der Waals surface area contributed by atoms with Gasteiger partial charge in [-0.2, -0.15) is 0 Å². The lowest BCUT2D eigenvalue weighted by molar-refractivity contribution is 0.546. The zero-order valence-corrected chi connectivity index (χ0v) is 6.65. The molecule has 9 heavy (non-hydrogen) atoms. The Balaban J connectivity index is 1.94. The molecule has 0 spiro atoms. The lowest BCUT2D eigenvalue weighted by Gasteiger charge is -2.05. The van der Waals surface area contributed by atoms with Crippen LogP contribution in [0.4, 0.5) is 0 Å². The highest BCUT2D eigenvalue weighted by Gasteiger charge is 2.31. The Morgan fingerprint density at radius 2 is 2.11 bits per heavy atom. The molecule has 0 radical (unpaired) electrons. The van der Waals surface area contributed by atoms with Crippen molar-refractivity contribution in [1.82, 2.24) is 5.32 Å². The van der Waals surface area contributed by atoms with Gasteiger partial charge in [0.2, 0.25) is 0 Å². The van der Waals surface area contributed by atoms with Crippen molar-refractivity contribution in [2.24, 2.45) is 11.8 Å². The minimum Gasteiger partial charge on any atom is -0.314 e. The van der Waals surface area contributed by atoms with Crippen LogP contribution >= 0.6 is 0 Å². The standard InChI is InChI=1S/C8H17N/c1-6(2)9-5-8-4-7(8)3/h6-9H,4-5H2,1-3H3/t7-,8+/m0/s1. The van der Waals surface area contributed by atoms with Crippen molar-refractivity contribution in [3.8, 4) is 0 Å². The van der Waals surface area contributed by atoms with Crippen LogP contribution in [0.3, 0.4) is 0 Å². The lowest BCUT2D eigenvalue weighted by atomic mass is 10.3. The van der Waals surface area contributed by atoms with E-state index >= 15 is 0 Å². The Labute approximate surface area is 57.8 Å². The number of hydrogen-bond acceptors (Lipinski definition) is 1. The third-order valence-corrected chi connectivity index (χ3v) is 2.06. The first-order valence-electron chi connectivity index (χ1n) is 3.93. The van der Waals surface area contributed by atoms with E-state index in [2.05, 4.69) is 26.1 Å². The third kappa shape index (κ3) is 2.35. The van der Waals surface area contributed by atoms with Crippen LogP contribution in [0.1, 0.15) is 27.2 Å². The molecule has 0 amide bonds. The molecule has 0 bridgehead atoms. The van der Waals surface area contributed by atoms with Gasteiger partial charge in [-0.15, -0.1) is 0 Å². The molecule has 54 valence electrons. The molecule has 0 aromatic carbocycles. The predicted molar refractivity (Wildman–Crippen MR) is 40.4 cm³/mol. The maximum absolute atomic E-state index is 3.44. The van der Waals surface area contributed by atoms with Gasteiger partial charge in [-0.1, -0.05) is 20.8 Å². The molecule has 2 atom stereocenters. The predicted octanol–water partition coefficient (Wildman–Crippen LogP) is 1.64. The van der Waals surface area contributed by atoms with Gasteiger partial charge in [0.25, 0.3) is 0 Å². The second kappa shape index (κ2) is 2.70. The fourth-order valence-corrected chi connectivity index (χ4v) is 1.07. The molecule has 0 saturated heterocycles. The van der Waals surface area contributed by atoms with E-state index in [0.717, 1.165) is 11.8 Å². The van der Waals surface area contributed by atoms with E-state index < -0.39 is 0 Å². The highest BCUT2D eigenvalue weighted by molar-refractivity contribution is 4.84. The summed E-state index contributed by atoms with van der Waals surface area (Å²) in [5.41, 5.74) is 0. The second-order valence-electron chi connectivity index (χ2n) is 3.54. The van der Waals surface area contributed by atoms with E-state index in [1.165, 1.54) is 13.0 Å². The normalized spacial score (nSPS) is 33.3. The van der Waals surface area contributed by atoms with Crippen LogP contribution in [0.15, 0.2) is 0 Å². The molecule has 1 heteroatoms. The Hall–Kier alpha value is -0.0400. The quantitative estimate of drug-likeness (QED) is 0.607. The summed E-state index contributed by atoms with van der Waals surface area (Å²) in [5.74, 6) is 1.99. The van der Waals surface area contributed by atoms with Gasteiger partial charge in [0.1, 0.15) is 0 Å². The summed E-state index contributed by atoms with van der Waals surface area (Å²) >= 11 is 0. The third-order valence-electron chi connectivity index (χ3n) is 2.06. The molecule has 1 saturated carbocycles. The fraction of sp³-hybridized carbons (Fsp3) is 1.00. The summed E-state index contributed by atoms with van der Waals surface area (Å²) < 4.78 is 0. The Morgan fingerprint density at radius 3 is 2.44 bits per heavy atom. The SMILES string of the molecule is CC(C)NC[C@H]1C[C@@H]1C. The zero-order valence-electron chi connectivity index (χ0n) is 6.65. The van der Waals surface area contributed by atoms with Crippen molar-refractivity contribution in [2.75, 3.05) is 6.54 Å². The monoisotopic (exact) mass is 127 g/mol. The largest absolute Gasteiger partial charge is 0.314 e. The molecule has 0 aliphatic heterocycles. The molecular formula is C8H17N. The number of hydrogen-bond donors (Lipinski definition) is 1. The molecule has 1 nitrogen and oxygen atoms in total. The van der Waals surface area contributed by atoms with Crippen LogP contribution in [-0.4, -0.2) is 12.6 Å². The average Bonchev–Trinajstić information content (AvgIpc) is 2.42. The minimum atomic E-state index is 0.665. The molecule has 1 N–H and O–H groups in total. The van der Waals surface area contributed by atoms with Crippen LogP contribution in [-0.2, 0) is 0 Å². The van der Waals surface area contributed by atoms with Gasteiger partial charge < -0.3 is 5.32 Å². The van der Waals surface area contributed by atoms with E-state index in [1.807, 2.05) is 0 Å². The number of nitrogens with one attached hydrogen (secondary N) is 1. The zero-order chi connectivity index (χ0) is 6.85. The van der Waals surface area contributed by atoms with Crippen LogP contribution in [0.2, 0.25) is 0 Å². The van der Waals surface area contributed by atoms with Gasteiger partial charge in [-0.05, 0) is 24.8 Å². The highest BCUT2D eigenvalue weighted by Crippen LogP contribution is 2.36. The van der Waals surface area contributed by atoms with E-state index in [9.17, 15) is 0 Å². The molecule has 1 aliphatic rings. The van der Waals surface area contributed by atoms with Gasteiger partial charge in [0.15, 0.2) is 0 Å². The first-order valence-corrected chi connectivity index (χ1v) is 3.93. The van der Waals surface area contributed by atoms with E-state index in [4.69, 9.17) is 0 Å². The van der Waals surface area contributed by atoms with Gasteiger partial charge >= 0.3 is 0 Å². The fourth-order valence-electron chi connectivity index (χ4n) is 1.07. The maximum Gasteiger partial charge on any atom is 0.00104 e. The Kier molecular flexibility index (Phi) is 2.12. The van der Waals surface area contributed by atoms with E-state index in [-0.39, 0.29) is 0 Å². The summed E-state index contributed by atoms with van der Waals surface area (Å²) in [6, 6.07) is 0.665. The molecule has 1 fully saturated rings. The van der Waals surface area contributed by atoms with Gasteiger partial charge in [-0.25, -0.2) is 0 Å². The molecular weight excluding hydrogens is 110 g/mol. The molecule has 0 aromatic rings. The Morgan fingerprint density at radius 1 is 1.56 bits per heavy atom. The minimum absolute atomic E-state index is 0.665. The summed E-state index contributed by atoms with van der Waals surface area (Å²) in [4.78, 5) is 0. The van der Waals surface area contributed by atoms with Crippen molar-refractivity contribution in [3.05, 3.63) is 0 Å². The summed E-state index contributed by atoms with van der Waals surface area (Å²) in [7, 11) is 0. The van der Waals surface area contributed by atoms with Crippen molar-refractivity contribution < 1.29 is 0 Å². The van der Waals surface area contributed by atoms with Crippen molar-refractivity contribution in [3.63, 3.8) is 0 Å². The first kappa shape index (κ1) is 7.07. The molecule has 0 unspecified atom stereocenters. The van der Waals surface area contributed by atoms with Crippen molar-refractivity contribution in [1.29, 1.82) is 0 Å². The molecule has 0 heterocycles. The van der Waals surface area contributed by atoms with Gasteiger partial charge in [0.05, 0.1) is 0 Å². The molecule has 0 aromatic heterocycles. The lowest BCUT2D eigenvalue weighted by Crippen LogP contribution is -2.25. The van der Waals surface area contributed by atoms with Gasteiger partial charge in [0, 0.05) is 6.04 Å². The topological polar surface area (TPSA) is 12.0 Å². The van der Waals surface area contributed by atoms with Crippen LogP contribution in [0, 0.1) is 11.8 Å². The van der Waals surface area contributed by atoms with Crippen LogP contribution in [0.5, 0.6) is 0 Å².